The molecule has 1 saturated carbocycles. The van der Waals surface area contributed by atoms with Crippen LogP contribution in [0.4, 0.5) is 0 Å². The minimum Gasteiger partial charge on any atom is -0.273 e. The highest BCUT2D eigenvalue weighted by molar-refractivity contribution is 6.30. The van der Waals surface area contributed by atoms with Crippen molar-refractivity contribution in [3.05, 3.63) is 34.9 Å². The van der Waals surface area contributed by atoms with Gasteiger partial charge in [0.05, 0.1) is 6.21 Å². The van der Waals surface area contributed by atoms with Crippen LogP contribution in [0, 0.1) is 5.92 Å². The van der Waals surface area contributed by atoms with Gasteiger partial charge in [0.25, 0.3) is 0 Å². The smallest absolute Gasteiger partial charge is 0.240 e. The van der Waals surface area contributed by atoms with E-state index < -0.39 is 0 Å². The van der Waals surface area contributed by atoms with Gasteiger partial charge in [-0.05, 0) is 30.0 Å². The van der Waals surface area contributed by atoms with Gasteiger partial charge < -0.3 is 0 Å². The third-order valence-corrected chi connectivity index (χ3v) is 4.03. The highest BCUT2D eigenvalue weighted by Crippen LogP contribution is 2.27. The molecule has 2 rings (SSSR count). The van der Waals surface area contributed by atoms with Crippen LogP contribution in [-0.2, 0) is 4.79 Å². The molecule has 1 aliphatic rings. The van der Waals surface area contributed by atoms with Crippen LogP contribution in [0.1, 0.15) is 50.5 Å². The molecule has 0 atom stereocenters. The van der Waals surface area contributed by atoms with E-state index >= 15 is 0 Å². The van der Waals surface area contributed by atoms with E-state index in [1.54, 1.807) is 18.3 Å². The number of carbonyl (C=O) groups is 1. The molecule has 108 valence electrons. The Balaban J connectivity index is 1.67. The lowest BCUT2D eigenvalue weighted by molar-refractivity contribution is -0.121. The molecule has 3 nitrogen and oxygen atoms in total. The van der Waals surface area contributed by atoms with Gasteiger partial charge in [0, 0.05) is 11.4 Å². The number of nitrogens with zero attached hydrogens (tertiary/aromatic N) is 1. The summed E-state index contributed by atoms with van der Waals surface area (Å²) in [6.07, 6.45) is 9.75. The number of carbonyl (C=O) groups excluding carboxylic acids is 1. The van der Waals surface area contributed by atoms with Crippen molar-refractivity contribution in [3.63, 3.8) is 0 Å². The summed E-state index contributed by atoms with van der Waals surface area (Å²) in [5.41, 5.74) is 3.50. The van der Waals surface area contributed by atoms with Crippen molar-refractivity contribution in [2.75, 3.05) is 0 Å². The second kappa shape index (κ2) is 8.05. The summed E-state index contributed by atoms with van der Waals surface area (Å²) in [4.78, 5) is 11.7. The van der Waals surface area contributed by atoms with E-state index in [1.807, 2.05) is 12.1 Å². The van der Waals surface area contributed by atoms with E-state index in [0.29, 0.717) is 11.4 Å². The molecule has 1 aliphatic carbocycles. The number of hydrogen-bond acceptors (Lipinski definition) is 2. The highest BCUT2D eigenvalue weighted by atomic mass is 35.5. The number of nitrogens with one attached hydrogen (secondary N) is 1. The Kier molecular flexibility index (Phi) is 6.06. The molecule has 0 aliphatic heterocycles. The molecule has 0 saturated heterocycles. The lowest BCUT2D eigenvalue weighted by Gasteiger charge is -2.20. The predicted molar refractivity (Wildman–Crippen MR) is 83.0 cm³/mol. The molecule has 1 fully saturated rings. The van der Waals surface area contributed by atoms with Crippen molar-refractivity contribution in [1.29, 1.82) is 0 Å². The standard InChI is InChI=1S/C16H21ClN2O/c17-15-9-6-14(7-10-15)12-18-19-16(20)11-8-13-4-2-1-3-5-13/h6-7,9-10,12-13H,1-5,8,11H2,(H,19,20)/b18-12-. The summed E-state index contributed by atoms with van der Waals surface area (Å²) in [5, 5.41) is 4.66. The Bertz CT molecular complexity index is 450. The first kappa shape index (κ1) is 15.0. The first-order valence-corrected chi connectivity index (χ1v) is 7.69. The second-order valence-corrected chi connectivity index (χ2v) is 5.82. The predicted octanol–water partition coefficient (Wildman–Crippen LogP) is 4.15. The van der Waals surface area contributed by atoms with Gasteiger partial charge in [0.1, 0.15) is 0 Å². The minimum absolute atomic E-state index is 0.000729. The lowest BCUT2D eigenvalue weighted by Crippen LogP contribution is -2.19. The lowest BCUT2D eigenvalue weighted by atomic mass is 9.86. The van der Waals surface area contributed by atoms with Crippen LogP contribution in [0.25, 0.3) is 0 Å². The number of benzene rings is 1. The molecule has 0 heterocycles. The Morgan fingerprint density at radius 3 is 2.65 bits per heavy atom. The Morgan fingerprint density at radius 1 is 1.25 bits per heavy atom. The summed E-state index contributed by atoms with van der Waals surface area (Å²) in [6, 6.07) is 7.32. The zero-order valence-electron chi connectivity index (χ0n) is 11.6. The second-order valence-electron chi connectivity index (χ2n) is 5.39. The average molecular weight is 293 g/mol. The van der Waals surface area contributed by atoms with Gasteiger partial charge in [0.15, 0.2) is 0 Å². The third-order valence-electron chi connectivity index (χ3n) is 3.78. The number of rotatable bonds is 5. The molecule has 0 unspecified atom stereocenters. The minimum atomic E-state index is 0.000729. The monoisotopic (exact) mass is 292 g/mol. The van der Waals surface area contributed by atoms with Gasteiger partial charge in [-0.1, -0.05) is 55.8 Å². The van der Waals surface area contributed by atoms with Gasteiger partial charge in [0.2, 0.25) is 5.91 Å². The zero-order valence-corrected chi connectivity index (χ0v) is 12.4. The van der Waals surface area contributed by atoms with E-state index in [0.717, 1.165) is 17.9 Å². The zero-order chi connectivity index (χ0) is 14.2. The molecule has 0 radical (unpaired) electrons. The van der Waals surface area contributed by atoms with Crippen LogP contribution >= 0.6 is 11.6 Å². The molecule has 0 aromatic heterocycles. The topological polar surface area (TPSA) is 41.5 Å². The fourth-order valence-corrected chi connectivity index (χ4v) is 2.72. The Morgan fingerprint density at radius 2 is 1.95 bits per heavy atom. The maximum Gasteiger partial charge on any atom is 0.240 e. The van der Waals surface area contributed by atoms with Crippen molar-refractivity contribution < 1.29 is 4.79 Å². The Labute approximate surface area is 125 Å². The average Bonchev–Trinajstić information content (AvgIpc) is 2.48. The molecule has 0 spiro atoms. The van der Waals surface area contributed by atoms with E-state index in [2.05, 4.69) is 10.5 Å². The Hall–Kier alpha value is -1.35. The summed E-state index contributed by atoms with van der Waals surface area (Å²) in [6.45, 7) is 0. The van der Waals surface area contributed by atoms with Crippen molar-refractivity contribution in [2.45, 2.75) is 44.9 Å². The van der Waals surface area contributed by atoms with Gasteiger partial charge in [-0.15, -0.1) is 0 Å². The summed E-state index contributed by atoms with van der Waals surface area (Å²) in [7, 11) is 0. The van der Waals surface area contributed by atoms with Gasteiger partial charge in [-0.2, -0.15) is 5.10 Å². The number of halogens is 1. The van der Waals surface area contributed by atoms with E-state index in [1.165, 1.54) is 32.1 Å². The van der Waals surface area contributed by atoms with Crippen LogP contribution in [0.15, 0.2) is 29.4 Å². The highest BCUT2D eigenvalue weighted by Gasteiger charge is 2.14. The van der Waals surface area contributed by atoms with Crippen LogP contribution in [0.2, 0.25) is 5.02 Å². The molecule has 1 aromatic carbocycles. The molecule has 1 N–H and O–H groups in total. The van der Waals surface area contributed by atoms with Crippen LogP contribution < -0.4 is 5.43 Å². The molecule has 20 heavy (non-hydrogen) atoms. The van der Waals surface area contributed by atoms with E-state index in [-0.39, 0.29) is 5.91 Å². The van der Waals surface area contributed by atoms with E-state index in [4.69, 9.17) is 11.6 Å². The van der Waals surface area contributed by atoms with Crippen LogP contribution in [-0.4, -0.2) is 12.1 Å². The summed E-state index contributed by atoms with van der Waals surface area (Å²) >= 11 is 5.80. The van der Waals surface area contributed by atoms with Crippen LogP contribution in [0.3, 0.4) is 0 Å². The summed E-state index contributed by atoms with van der Waals surface area (Å²) < 4.78 is 0. The molecular weight excluding hydrogens is 272 g/mol. The molecule has 0 bridgehead atoms. The molecule has 1 amide bonds. The van der Waals surface area contributed by atoms with Gasteiger partial charge >= 0.3 is 0 Å². The maximum absolute atomic E-state index is 11.7. The van der Waals surface area contributed by atoms with Crippen LogP contribution in [0.5, 0.6) is 0 Å². The first-order chi connectivity index (χ1) is 9.74. The third kappa shape index (κ3) is 5.33. The molecule has 4 heteroatoms. The number of hydrazone groups is 1. The van der Waals surface area contributed by atoms with Crippen molar-refractivity contribution in [2.24, 2.45) is 11.0 Å². The van der Waals surface area contributed by atoms with Gasteiger partial charge in [-0.3, -0.25) is 4.79 Å². The first-order valence-electron chi connectivity index (χ1n) is 7.31. The summed E-state index contributed by atoms with van der Waals surface area (Å²) in [5.74, 6) is 0.732. The van der Waals surface area contributed by atoms with Crippen molar-refractivity contribution >= 4 is 23.7 Å². The van der Waals surface area contributed by atoms with Crippen molar-refractivity contribution in [3.8, 4) is 0 Å². The normalized spacial score (nSPS) is 16.4. The quantitative estimate of drug-likeness (QED) is 0.643. The molecule has 1 aromatic rings. The largest absolute Gasteiger partial charge is 0.273 e. The van der Waals surface area contributed by atoms with Crippen molar-refractivity contribution in [1.82, 2.24) is 5.43 Å². The molecular formula is C16H21ClN2O. The van der Waals surface area contributed by atoms with Gasteiger partial charge in [-0.25, -0.2) is 5.43 Å². The number of amides is 1. The van der Waals surface area contributed by atoms with E-state index in [9.17, 15) is 4.79 Å². The SMILES string of the molecule is O=C(CCC1CCCCC1)N/N=C\c1ccc(Cl)cc1. The fourth-order valence-electron chi connectivity index (χ4n) is 2.59. The fraction of sp³-hybridized carbons (Fsp3) is 0.500. The maximum atomic E-state index is 11.7. The number of hydrogen-bond donors (Lipinski definition) is 1.